The molecule has 0 spiro atoms. The van der Waals surface area contributed by atoms with Gasteiger partial charge in [0.15, 0.2) is 11.8 Å². The van der Waals surface area contributed by atoms with E-state index in [2.05, 4.69) is 59.2 Å². The fourth-order valence-corrected chi connectivity index (χ4v) is 4.63. The highest BCUT2D eigenvalue weighted by Gasteiger charge is 2.20. The van der Waals surface area contributed by atoms with Gasteiger partial charge in [0.1, 0.15) is 22.8 Å². The number of guanidine groups is 1. The van der Waals surface area contributed by atoms with Crippen LogP contribution in [0.3, 0.4) is 0 Å². The van der Waals surface area contributed by atoms with E-state index < -0.39 is 23.6 Å². The van der Waals surface area contributed by atoms with E-state index in [9.17, 15) is 24.0 Å². The number of aryl methyl sites for hydroxylation is 4. The van der Waals surface area contributed by atoms with Crippen molar-refractivity contribution in [3.05, 3.63) is 76.7 Å². The zero-order valence-corrected chi connectivity index (χ0v) is 29.2. The molecule has 0 fully saturated rings. The quantitative estimate of drug-likeness (QED) is 0.0482. The van der Waals surface area contributed by atoms with Gasteiger partial charge < -0.3 is 51.8 Å². The van der Waals surface area contributed by atoms with Crippen LogP contribution in [0.2, 0.25) is 0 Å². The van der Waals surface area contributed by atoms with E-state index in [0.29, 0.717) is 22.8 Å². The Morgan fingerprint density at radius 2 is 1.16 bits per heavy atom. The third kappa shape index (κ3) is 9.39. The molecule has 0 radical (unpaired) electrons. The number of hydrogen-bond acceptors (Lipinski definition) is 7. The van der Waals surface area contributed by atoms with Gasteiger partial charge in [-0.1, -0.05) is 6.58 Å². The fourth-order valence-electron chi connectivity index (χ4n) is 4.53. The summed E-state index contributed by atoms with van der Waals surface area (Å²) in [5.74, 6) is -2.27. The Balaban J connectivity index is 0.00000650. The molecule has 18 nitrogen and oxygen atoms in total. The van der Waals surface area contributed by atoms with E-state index in [0.717, 1.165) is 0 Å². The van der Waals surface area contributed by atoms with E-state index in [1.807, 2.05) is 0 Å². The Labute approximate surface area is 294 Å². The van der Waals surface area contributed by atoms with Crippen molar-refractivity contribution in [1.82, 2.24) is 28.8 Å². The van der Waals surface area contributed by atoms with Crippen LogP contribution in [0.4, 0.5) is 22.9 Å². The van der Waals surface area contributed by atoms with Gasteiger partial charge in [0.2, 0.25) is 0 Å². The third-order valence-electron chi connectivity index (χ3n) is 6.78. The normalized spacial score (nSPS) is 10.4. The average molecular weight is 761 g/mol. The highest BCUT2D eigenvalue weighted by Crippen LogP contribution is 2.20. The van der Waals surface area contributed by atoms with Crippen molar-refractivity contribution in [3.63, 3.8) is 0 Å². The molecule has 5 amide bonds. The van der Waals surface area contributed by atoms with Gasteiger partial charge in [-0.25, -0.2) is 0 Å². The van der Waals surface area contributed by atoms with Crippen LogP contribution in [0.5, 0.6) is 0 Å². The van der Waals surface area contributed by atoms with Crippen LogP contribution in [-0.2, 0) is 33.0 Å². The van der Waals surface area contributed by atoms with Crippen LogP contribution < -0.4 is 38.1 Å². The number of hydrogen-bond donors (Lipinski definition) is 7. The number of rotatable bonds is 12. The number of amides is 5. The molecular weight excluding hydrogens is 726 g/mol. The van der Waals surface area contributed by atoms with Gasteiger partial charge >= 0.3 is 0 Å². The summed E-state index contributed by atoms with van der Waals surface area (Å²) < 4.78 is 6.04. The zero-order valence-electron chi connectivity index (χ0n) is 26.8. The molecule has 9 N–H and O–H groups in total. The first-order valence-electron chi connectivity index (χ1n) is 14.1. The van der Waals surface area contributed by atoms with Crippen molar-refractivity contribution in [3.8, 4) is 0 Å². The lowest BCUT2D eigenvalue weighted by molar-refractivity contribution is -0.112. The van der Waals surface area contributed by atoms with Crippen molar-refractivity contribution in [2.45, 2.75) is 0 Å². The van der Waals surface area contributed by atoms with Crippen molar-refractivity contribution >= 4 is 86.7 Å². The van der Waals surface area contributed by atoms with E-state index in [1.165, 1.54) is 33.5 Å². The minimum atomic E-state index is -0.520. The highest BCUT2D eigenvalue weighted by molar-refractivity contribution is 9.12. The van der Waals surface area contributed by atoms with Gasteiger partial charge in [0.05, 0.1) is 28.1 Å². The maximum atomic E-state index is 13.2. The molecule has 0 atom stereocenters. The van der Waals surface area contributed by atoms with E-state index in [1.54, 1.807) is 55.9 Å². The number of nitrogens with zero attached hydrogens (tertiary/aromatic N) is 6. The van der Waals surface area contributed by atoms with Crippen LogP contribution in [0.1, 0.15) is 42.0 Å². The van der Waals surface area contributed by atoms with Crippen molar-refractivity contribution in [1.29, 1.82) is 0 Å². The van der Waals surface area contributed by atoms with E-state index >= 15 is 0 Å². The minimum Gasteiger partial charge on any atom is -0.370 e. The number of aromatic nitrogens is 5. The molecule has 0 aromatic carbocycles. The molecule has 0 saturated carbocycles. The Kier molecular flexibility index (Phi) is 12.2. The monoisotopic (exact) mass is 759 g/mol. The number of nitrogens with two attached hydrogens (primary N) is 2. The molecule has 49 heavy (non-hydrogen) atoms. The summed E-state index contributed by atoms with van der Waals surface area (Å²) in [6.45, 7) is 3.94. The van der Waals surface area contributed by atoms with Crippen molar-refractivity contribution in [2.24, 2.45) is 44.7 Å². The molecule has 4 aromatic rings. The summed E-state index contributed by atoms with van der Waals surface area (Å²) in [4.78, 5) is 67.3. The number of aliphatic imine (C=N–C) groups is 1. The first-order chi connectivity index (χ1) is 22.6. The Morgan fingerprint density at radius 1 is 0.735 bits per heavy atom. The lowest BCUT2D eigenvalue weighted by Gasteiger charge is -2.04. The number of nitrogens with one attached hydrogen (secondary N) is 5. The number of halogens is 2. The third-order valence-corrected chi connectivity index (χ3v) is 7.14. The zero-order chi connectivity index (χ0) is 35.3. The molecule has 260 valence electrons. The molecule has 0 saturated heterocycles. The molecule has 20 heteroatoms. The lowest BCUT2D eigenvalue weighted by Crippen LogP contribution is -2.29. The van der Waals surface area contributed by atoms with Gasteiger partial charge in [-0.3, -0.25) is 33.6 Å². The van der Waals surface area contributed by atoms with Gasteiger partial charge in [-0.2, -0.15) is 5.10 Å². The molecule has 0 bridgehead atoms. The SMILES string of the molecule is C=C(Br)C(=O)Nc1cc(C(=O)Nc2cc(C(=O)Nc3cc(C(=O)Nc4cc(C(=O)NCCN=C(N)N)n(C)c4)n(C)c3)n(C)c2)n(C)n1.Cl. The molecule has 0 aliphatic carbocycles. The lowest BCUT2D eigenvalue weighted by atomic mass is 10.3. The van der Waals surface area contributed by atoms with Gasteiger partial charge in [-0.15, -0.1) is 12.4 Å². The second-order valence-corrected chi connectivity index (χ2v) is 11.5. The largest absolute Gasteiger partial charge is 0.370 e. The fraction of sp³-hybridized carbons (Fsp3) is 0.207. The second-order valence-electron chi connectivity index (χ2n) is 10.5. The highest BCUT2D eigenvalue weighted by atomic mass is 79.9. The molecule has 4 aromatic heterocycles. The Bertz CT molecular complexity index is 1970. The van der Waals surface area contributed by atoms with Crippen LogP contribution in [-0.4, -0.2) is 72.1 Å². The molecule has 4 rings (SSSR count). The maximum Gasteiger partial charge on any atom is 0.274 e. The second kappa shape index (κ2) is 15.8. The molecule has 0 aliphatic rings. The molecular formula is C29H35BrClN13O5. The minimum absolute atomic E-state index is 0. The summed E-state index contributed by atoms with van der Waals surface area (Å²) in [6.07, 6.45) is 4.72. The predicted molar refractivity (Wildman–Crippen MR) is 190 cm³/mol. The number of carbonyl (C=O) groups is 5. The number of carbonyl (C=O) groups excluding carboxylic acids is 5. The van der Waals surface area contributed by atoms with E-state index in [-0.39, 0.29) is 64.7 Å². The van der Waals surface area contributed by atoms with Gasteiger partial charge in [0.25, 0.3) is 29.5 Å². The van der Waals surface area contributed by atoms with E-state index in [4.69, 9.17) is 11.5 Å². The Morgan fingerprint density at radius 3 is 1.59 bits per heavy atom. The summed E-state index contributed by atoms with van der Waals surface area (Å²) in [7, 11) is 6.49. The first kappa shape index (κ1) is 37.6. The van der Waals surface area contributed by atoms with Gasteiger partial charge in [0, 0.05) is 59.4 Å². The first-order valence-corrected chi connectivity index (χ1v) is 14.9. The molecule has 0 unspecified atom stereocenters. The van der Waals surface area contributed by atoms with Crippen LogP contribution in [0.25, 0.3) is 0 Å². The Hall–Kier alpha value is -5.82. The molecule has 0 aliphatic heterocycles. The van der Waals surface area contributed by atoms with Crippen molar-refractivity contribution < 1.29 is 24.0 Å². The summed E-state index contributed by atoms with van der Waals surface area (Å²) in [5, 5.41) is 17.5. The van der Waals surface area contributed by atoms with Crippen LogP contribution in [0.15, 0.2) is 58.9 Å². The van der Waals surface area contributed by atoms with Crippen LogP contribution >= 0.6 is 28.3 Å². The average Bonchev–Trinajstić information content (AvgIpc) is 3.76. The van der Waals surface area contributed by atoms with Crippen LogP contribution in [0, 0.1) is 0 Å². The predicted octanol–water partition coefficient (Wildman–Crippen LogP) is 1.46. The standard InChI is InChI=1S/C29H34BrN13O5.ClH/c1-15(30)24(44)38-23-11-22(43(5)39-23)28(48)37-18-10-21(42(4)14-18)27(47)36-17-9-20(41(3)13-17)26(46)35-16-8-19(40(2)12-16)25(45)33-6-7-34-29(31)32;/h8-14H,1,6-7H2,2-5H3,(H,33,45)(H,35,46)(H,36,47)(H,37,48)(H4,31,32,34)(H,38,39,44);1H. The summed E-state index contributed by atoms with van der Waals surface area (Å²) >= 11 is 2.98. The topological polar surface area (TPSA) is 243 Å². The van der Waals surface area contributed by atoms with Gasteiger partial charge in [-0.05, 0) is 34.1 Å². The molecule has 4 heterocycles. The number of anilines is 4. The summed E-state index contributed by atoms with van der Waals surface area (Å²) in [6, 6.07) is 5.91. The maximum absolute atomic E-state index is 13.2. The smallest absolute Gasteiger partial charge is 0.274 e. The summed E-state index contributed by atoms with van der Waals surface area (Å²) in [5.41, 5.74) is 12.6. The van der Waals surface area contributed by atoms with Crippen molar-refractivity contribution in [2.75, 3.05) is 34.4 Å².